The average molecular weight is 295 g/mol. The molecule has 102 valence electrons. The summed E-state index contributed by atoms with van der Waals surface area (Å²) >= 11 is 6.19. The van der Waals surface area contributed by atoms with E-state index < -0.39 is 0 Å². The van der Waals surface area contributed by atoms with Gasteiger partial charge in [0.2, 0.25) is 5.89 Å². The van der Waals surface area contributed by atoms with Crippen molar-refractivity contribution in [2.45, 2.75) is 0 Å². The molecule has 0 N–H and O–H groups in total. The van der Waals surface area contributed by atoms with Gasteiger partial charge in [-0.25, -0.2) is 4.98 Å². The van der Waals surface area contributed by atoms with Crippen molar-refractivity contribution in [3.63, 3.8) is 0 Å². The highest BCUT2D eigenvalue weighted by Gasteiger charge is 2.11. The lowest BCUT2D eigenvalue weighted by atomic mass is 10.2. The zero-order valence-electron chi connectivity index (χ0n) is 11.0. The monoisotopic (exact) mass is 294 g/mol. The van der Waals surface area contributed by atoms with Crippen LogP contribution in [-0.4, -0.2) is 9.55 Å². The first-order valence-corrected chi connectivity index (χ1v) is 6.98. The van der Waals surface area contributed by atoms with Gasteiger partial charge < -0.3 is 8.98 Å². The molecule has 0 fully saturated rings. The molecule has 4 aromatic rings. The predicted octanol–water partition coefficient (Wildman–Crippen LogP) is 4.94. The van der Waals surface area contributed by atoms with E-state index in [1.165, 1.54) is 0 Å². The lowest BCUT2D eigenvalue weighted by molar-refractivity contribution is 0.619. The van der Waals surface area contributed by atoms with E-state index in [1.54, 1.807) is 0 Å². The zero-order chi connectivity index (χ0) is 14.2. The van der Waals surface area contributed by atoms with E-state index in [9.17, 15) is 0 Å². The SMILES string of the molecule is Clc1ccccc1-c1nc2ccc(-n3cccc3)cc2o1. The van der Waals surface area contributed by atoms with E-state index in [4.69, 9.17) is 16.0 Å². The molecule has 0 amide bonds. The summed E-state index contributed by atoms with van der Waals surface area (Å²) in [6, 6.07) is 17.5. The average Bonchev–Trinajstić information content (AvgIpc) is 3.16. The predicted molar refractivity (Wildman–Crippen MR) is 83.8 cm³/mol. The Morgan fingerprint density at radius 3 is 2.57 bits per heavy atom. The molecule has 0 radical (unpaired) electrons. The molecule has 0 bridgehead atoms. The fourth-order valence-electron chi connectivity index (χ4n) is 2.33. The summed E-state index contributed by atoms with van der Waals surface area (Å²) in [5.41, 5.74) is 3.41. The molecule has 2 heterocycles. The standard InChI is InChI=1S/C17H11ClN2O/c18-14-6-2-1-5-13(14)17-19-15-8-7-12(11-16(15)21-17)20-9-3-4-10-20/h1-11H. The van der Waals surface area contributed by atoms with Crippen LogP contribution >= 0.6 is 11.6 Å². The highest BCUT2D eigenvalue weighted by molar-refractivity contribution is 6.33. The number of rotatable bonds is 2. The van der Waals surface area contributed by atoms with Gasteiger partial charge in [0, 0.05) is 24.1 Å². The third-order valence-corrected chi connectivity index (χ3v) is 3.71. The van der Waals surface area contributed by atoms with E-state index in [0.717, 1.165) is 22.4 Å². The number of benzene rings is 2. The molecule has 21 heavy (non-hydrogen) atoms. The highest BCUT2D eigenvalue weighted by atomic mass is 35.5. The molecule has 0 aliphatic rings. The van der Waals surface area contributed by atoms with Crippen LogP contribution in [0.2, 0.25) is 5.02 Å². The molecule has 3 nitrogen and oxygen atoms in total. The number of hydrogen-bond acceptors (Lipinski definition) is 2. The molecule has 0 aliphatic carbocycles. The molecule has 0 atom stereocenters. The van der Waals surface area contributed by atoms with Gasteiger partial charge in [-0.2, -0.15) is 0 Å². The van der Waals surface area contributed by atoms with E-state index in [0.29, 0.717) is 10.9 Å². The Morgan fingerprint density at radius 2 is 1.76 bits per heavy atom. The van der Waals surface area contributed by atoms with Crippen LogP contribution in [0.5, 0.6) is 0 Å². The third-order valence-electron chi connectivity index (χ3n) is 3.38. The van der Waals surface area contributed by atoms with Crippen molar-refractivity contribution in [1.29, 1.82) is 0 Å². The number of fused-ring (bicyclic) bond motifs is 1. The summed E-state index contributed by atoms with van der Waals surface area (Å²) < 4.78 is 7.89. The molecular weight excluding hydrogens is 284 g/mol. The van der Waals surface area contributed by atoms with Crippen LogP contribution in [0, 0.1) is 0 Å². The van der Waals surface area contributed by atoms with Gasteiger partial charge in [0.05, 0.1) is 10.6 Å². The number of hydrogen-bond donors (Lipinski definition) is 0. The molecule has 0 aliphatic heterocycles. The normalized spacial score (nSPS) is 11.1. The van der Waals surface area contributed by atoms with Crippen molar-refractivity contribution in [1.82, 2.24) is 9.55 Å². The number of halogens is 1. The minimum Gasteiger partial charge on any atom is -0.436 e. The first kappa shape index (κ1) is 12.2. The van der Waals surface area contributed by atoms with Crippen molar-refractivity contribution in [3.05, 3.63) is 72.0 Å². The lowest BCUT2D eigenvalue weighted by Crippen LogP contribution is -1.87. The Kier molecular flexibility index (Phi) is 2.79. The second kappa shape index (κ2) is 4.79. The Morgan fingerprint density at radius 1 is 0.952 bits per heavy atom. The fraction of sp³-hybridized carbons (Fsp3) is 0. The van der Waals surface area contributed by atoms with Gasteiger partial charge in [0.1, 0.15) is 5.52 Å². The maximum Gasteiger partial charge on any atom is 0.228 e. The van der Waals surface area contributed by atoms with Gasteiger partial charge in [0.25, 0.3) is 0 Å². The molecule has 0 unspecified atom stereocenters. The molecule has 0 saturated heterocycles. The van der Waals surface area contributed by atoms with Crippen molar-refractivity contribution < 1.29 is 4.42 Å². The summed E-state index contributed by atoms with van der Waals surface area (Å²) in [6.07, 6.45) is 3.99. The Hall–Kier alpha value is -2.52. The number of oxazole rings is 1. The number of aromatic nitrogens is 2. The summed E-state index contributed by atoms with van der Waals surface area (Å²) in [6.45, 7) is 0. The van der Waals surface area contributed by atoms with Gasteiger partial charge in [-0.1, -0.05) is 23.7 Å². The van der Waals surface area contributed by atoms with E-state index in [-0.39, 0.29) is 0 Å². The van der Waals surface area contributed by atoms with Crippen LogP contribution in [0.25, 0.3) is 28.2 Å². The summed E-state index contributed by atoms with van der Waals surface area (Å²) in [5.74, 6) is 0.542. The first-order valence-electron chi connectivity index (χ1n) is 6.60. The van der Waals surface area contributed by atoms with Crippen molar-refractivity contribution >= 4 is 22.7 Å². The maximum atomic E-state index is 6.19. The van der Waals surface area contributed by atoms with Gasteiger partial charge in [0.15, 0.2) is 5.58 Å². The van der Waals surface area contributed by atoms with Crippen LogP contribution in [0.1, 0.15) is 0 Å². The Balaban J connectivity index is 1.85. The van der Waals surface area contributed by atoms with Crippen LogP contribution in [-0.2, 0) is 0 Å². The molecule has 2 aromatic heterocycles. The highest BCUT2D eigenvalue weighted by Crippen LogP contribution is 2.30. The van der Waals surface area contributed by atoms with Gasteiger partial charge in [-0.15, -0.1) is 0 Å². The van der Waals surface area contributed by atoms with E-state index >= 15 is 0 Å². The second-order valence-corrected chi connectivity index (χ2v) is 5.15. The van der Waals surface area contributed by atoms with Crippen molar-refractivity contribution in [2.24, 2.45) is 0 Å². The van der Waals surface area contributed by atoms with E-state index in [2.05, 4.69) is 4.98 Å². The van der Waals surface area contributed by atoms with Crippen molar-refractivity contribution in [3.8, 4) is 17.1 Å². The molecule has 0 spiro atoms. The van der Waals surface area contributed by atoms with Gasteiger partial charge >= 0.3 is 0 Å². The molecule has 4 heteroatoms. The minimum absolute atomic E-state index is 0.542. The van der Waals surface area contributed by atoms with Crippen LogP contribution < -0.4 is 0 Å². The quantitative estimate of drug-likeness (QED) is 0.524. The van der Waals surface area contributed by atoms with Gasteiger partial charge in [-0.3, -0.25) is 0 Å². The summed E-state index contributed by atoms with van der Waals surface area (Å²) in [4.78, 5) is 4.51. The Labute approximate surface area is 126 Å². The second-order valence-electron chi connectivity index (χ2n) is 4.74. The molecule has 0 saturated carbocycles. The lowest BCUT2D eigenvalue weighted by Gasteiger charge is -2.00. The first-order chi connectivity index (χ1) is 10.3. The topological polar surface area (TPSA) is 31.0 Å². The Bertz CT molecular complexity index is 910. The van der Waals surface area contributed by atoms with Gasteiger partial charge in [-0.05, 0) is 36.4 Å². The molecule has 4 rings (SSSR count). The van der Waals surface area contributed by atoms with E-state index in [1.807, 2.05) is 71.6 Å². The summed E-state index contributed by atoms with van der Waals surface area (Å²) in [5, 5.41) is 0.634. The summed E-state index contributed by atoms with van der Waals surface area (Å²) in [7, 11) is 0. The zero-order valence-corrected chi connectivity index (χ0v) is 11.8. The smallest absolute Gasteiger partial charge is 0.228 e. The van der Waals surface area contributed by atoms with Crippen molar-refractivity contribution in [2.75, 3.05) is 0 Å². The van der Waals surface area contributed by atoms with Crippen LogP contribution in [0.3, 0.4) is 0 Å². The maximum absolute atomic E-state index is 6.19. The van der Waals surface area contributed by atoms with Crippen LogP contribution in [0.15, 0.2) is 71.4 Å². The molecule has 2 aromatic carbocycles. The minimum atomic E-state index is 0.542. The molecular formula is C17H11ClN2O. The van der Waals surface area contributed by atoms with Crippen LogP contribution in [0.4, 0.5) is 0 Å². The fourth-order valence-corrected chi connectivity index (χ4v) is 2.55. The largest absolute Gasteiger partial charge is 0.436 e. The third kappa shape index (κ3) is 2.12. The number of nitrogens with zero attached hydrogens (tertiary/aromatic N) is 2.